The third-order valence-corrected chi connectivity index (χ3v) is 4.56. The van der Waals surface area contributed by atoms with Gasteiger partial charge in [-0.25, -0.2) is 14.6 Å². The second kappa shape index (κ2) is 7.02. The van der Waals surface area contributed by atoms with E-state index in [4.69, 9.17) is 0 Å². The third-order valence-electron chi connectivity index (χ3n) is 4.56. The summed E-state index contributed by atoms with van der Waals surface area (Å²) in [4.78, 5) is 24.8. The Morgan fingerprint density at radius 3 is 2.54 bits per heavy atom. The number of nitrogens with zero attached hydrogens (tertiary/aromatic N) is 5. The van der Waals surface area contributed by atoms with Gasteiger partial charge in [-0.2, -0.15) is 18.2 Å². The molecule has 10 heteroatoms. The fourth-order valence-corrected chi connectivity index (χ4v) is 3.19. The predicted molar refractivity (Wildman–Crippen MR) is 92.5 cm³/mol. The number of rotatable bonds is 3. The molecule has 28 heavy (non-hydrogen) atoms. The first kappa shape index (κ1) is 18.1. The first-order valence-corrected chi connectivity index (χ1v) is 8.60. The van der Waals surface area contributed by atoms with Crippen molar-refractivity contribution in [1.29, 1.82) is 0 Å². The van der Waals surface area contributed by atoms with Gasteiger partial charge in [-0.1, -0.05) is 0 Å². The number of hydrogen-bond acceptors (Lipinski definition) is 5. The highest BCUT2D eigenvalue weighted by atomic mass is 19.4. The summed E-state index contributed by atoms with van der Waals surface area (Å²) in [6, 6.07) is 3.98. The van der Waals surface area contributed by atoms with Gasteiger partial charge in [-0.3, -0.25) is 10.1 Å². The van der Waals surface area contributed by atoms with E-state index in [9.17, 15) is 18.0 Å². The lowest BCUT2D eigenvalue weighted by Gasteiger charge is -2.21. The molecular formula is C18H15F3N6O. The summed E-state index contributed by atoms with van der Waals surface area (Å²) >= 11 is 0. The quantitative estimate of drug-likeness (QED) is 0.744. The number of nitrogens with one attached hydrogen (secondary N) is 1. The second-order valence-corrected chi connectivity index (χ2v) is 6.41. The number of amides is 1. The first-order chi connectivity index (χ1) is 13.4. The van der Waals surface area contributed by atoms with Crippen LogP contribution in [0.1, 0.15) is 46.1 Å². The maximum atomic E-state index is 12.6. The summed E-state index contributed by atoms with van der Waals surface area (Å²) in [6.45, 7) is 0.669. The van der Waals surface area contributed by atoms with Gasteiger partial charge in [-0.15, -0.1) is 5.10 Å². The van der Waals surface area contributed by atoms with Gasteiger partial charge in [0.2, 0.25) is 5.95 Å². The zero-order valence-electron chi connectivity index (χ0n) is 14.5. The van der Waals surface area contributed by atoms with Crippen molar-refractivity contribution in [2.75, 3.05) is 5.32 Å². The van der Waals surface area contributed by atoms with Crippen molar-refractivity contribution in [3.05, 3.63) is 65.5 Å². The average molecular weight is 388 g/mol. The lowest BCUT2D eigenvalue weighted by molar-refractivity contribution is -0.137. The molecule has 2 aromatic heterocycles. The van der Waals surface area contributed by atoms with E-state index >= 15 is 0 Å². The third kappa shape index (κ3) is 3.57. The molecule has 1 aliphatic rings. The lowest BCUT2D eigenvalue weighted by atomic mass is 9.93. The van der Waals surface area contributed by atoms with Crippen LogP contribution in [0.5, 0.6) is 0 Å². The standard InChI is InChI=1S/C18H15F3N6O/c19-18(20,21)13-5-3-11(4-6-13)16(28)25-17-24-15-14(2-1-7-27(15)26-17)12-8-22-10-23-9-12/h3-6,8-10,14H,1-2,7H2,(H,25,26,28). The summed E-state index contributed by atoms with van der Waals surface area (Å²) in [5, 5.41) is 6.85. The molecule has 4 rings (SSSR count). The van der Waals surface area contributed by atoms with Gasteiger partial charge < -0.3 is 0 Å². The molecule has 3 heterocycles. The van der Waals surface area contributed by atoms with E-state index < -0.39 is 17.6 Å². The molecule has 1 aromatic carbocycles. The van der Waals surface area contributed by atoms with E-state index in [1.165, 1.54) is 6.33 Å². The molecule has 0 saturated carbocycles. The fraction of sp³-hybridized carbons (Fsp3) is 0.278. The number of anilines is 1. The molecule has 0 spiro atoms. The van der Waals surface area contributed by atoms with Crippen molar-refractivity contribution < 1.29 is 18.0 Å². The molecule has 1 N–H and O–H groups in total. The van der Waals surface area contributed by atoms with Crippen LogP contribution in [0.2, 0.25) is 0 Å². The van der Waals surface area contributed by atoms with E-state index in [-0.39, 0.29) is 17.4 Å². The Balaban J connectivity index is 1.53. The SMILES string of the molecule is O=C(Nc1nc2n(n1)CCCC2c1cncnc1)c1ccc(C(F)(F)F)cc1. The Morgan fingerprint density at radius 1 is 1.14 bits per heavy atom. The number of aryl methyl sites for hydroxylation is 1. The highest BCUT2D eigenvalue weighted by Crippen LogP contribution is 2.32. The van der Waals surface area contributed by atoms with Gasteiger partial charge in [0.05, 0.1) is 5.56 Å². The minimum Gasteiger partial charge on any atom is -0.289 e. The molecule has 3 aromatic rings. The first-order valence-electron chi connectivity index (χ1n) is 8.60. The number of carbonyl (C=O) groups is 1. The van der Waals surface area contributed by atoms with Crippen LogP contribution in [-0.2, 0) is 12.7 Å². The number of alkyl halides is 3. The Hall–Kier alpha value is -3.30. The predicted octanol–water partition coefficient (Wildman–Crippen LogP) is 3.26. The van der Waals surface area contributed by atoms with E-state index in [2.05, 4.69) is 25.4 Å². The van der Waals surface area contributed by atoms with Gasteiger partial charge in [-0.05, 0) is 42.7 Å². The molecular weight excluding hydrogens is 373 g/mol. The van der Waals surface area contributed by atoms with Gasteiger partial charge in [0.1, 0.15) is 12.2 Å². The van der Waals surface area contributed by atoms with Gasteiger partial charge in [0.25, 0.3) is 5.91 Å². The van der Waals surface area contributed by atoms with Crippen molar-refractivity contribution in [3.8, 4) is 0 Å². The number of benzene rings is 1. The lowest BCUT2D eigenvalue weighted by Crippen LogP contribution is -2.18. The number of aromatic nitrogens is 5. The second-order valence-electron chi connectivity index (χ2n) is 6.41. The Kier molecular flexibility index (Phi) is 4.54. The number of hydrogen-bond donors (Lipinski definition) is 1. The molecule has 1 unspecified atom stereocenters. The molecule has 7 nitrogen and oxygen atoms in total. The van der Waals surface area contributed by atoms with Crippen LogP contribution in [0, 0.1) is 0 Å². The Morgan fingerprint density at radius 2 is 1.86 bits per heavy atom. The molecule has 1 amide bonds. The molecule has 144 valence electrons. The van der Waals surface area contributed by atoms with Crippen LogP contribution < -0.4 is 5.32 Å². The Bertz CT molecular complexity index is 985. The highest BCUT2D eigenvalue weighted by molar-refractivity contribution is 6.03. The van der Waals surface area contributed by atoms with Gasteiger partial charge in [0.15, 0.2) is 0 Å². The van der Waals surface area contributed by atoms with Crippen molar-refractivity contribution >= 4 is 11.9 Å². The van der Waals surface area contributed by atoms with E-state index in [1.807, 2.05) is 0 Å². The zero-order valence-corrected chi connectivity index (χ0v) is 14.5. The molecule has 1 atom stereocenters. The van der Waals surface area contributed by atoms with E-state index in [0.717, 1.165) is 42.7 Å². The van der Waals surface area contributed by atoms with E-state index in [1.54, 1.807) is 17.1 Å². The van der Waals surface area contributed by atoms with Crippen LogP contribution in [0.3, 0.4) is 0 Å². The van der Waals surface area contributed by atoms with Crippen LogP contribution in [0.25, 0.3) is 0 Å². The van der Waals surface area contributed by atoms with Crippen LogP contribution >= 0.6 is 0 Å². The molecule has 0 radical (unpaired) electrons. The molecule has 0 saturated heterocycles. The maximum absolute atomic E-state index is 12.6. The topological polar surface area (TPSA) is 85.6 Å². The van der Waals surface area contributed by atoms with Crippen LogP contribution in [0.4, 0.5) is 19.1 Å². The summed E-state index contributed by atoms with van der Waals surface area (Å²) in [5.74, 6) is 0.211. The minimum atomic E-state index is -4.45. The highest BCUT2D eigenvalue weighted by Gasteiger charge is 2.30. The van der Waals surface area contributed by atoms with Crippen molar-refractivity contribution in [2.24, 2.45) is 0 Å². The Labute approximate surface area is 157 Å². The zero-order chi connectivity index (χ0) is 19.7. The van der Waals surface area contributed by atoms with Gasteiger partial charge in [0, 0.05) is 30.4 Å². The summed E-state index contributed by atoms with van der Waals surface area (Å²) in [5.41, 5.74) is 0.192. The molecule has 0 fully saturated rings. The van der Waals surface area contributed by atoms with Crippen LogP contribution in [-0.4, -0.2) is 30.6 Å². The van der Waals surface area contributed by atoms with Crippen molar-refractivity contribution in [3.63, 3.8) is 0 Å². The number of carbonyl (C=O) groups excluding carboxylic acids is 1. The number of halogens is 3. The van der Waals surface area contributed by atoms with Crippen molar-refractivity contribution in [1.82, 2.24) is 24.7 Å². The fourth-order valence-electron chi connectivity index (χ4n) is 3.19. The van der Waals surface area contributed by atoms with Crippen molar-refractivity contribution in [2.45, 2.75) is 31.5 Å². The smallest absolute Gasteiger partial charge is 0.289 e. The summed E-state index contributed by atoms with van der Waals surface area (Å²) in [6.07, 6.45) is 2.20. The maximum Gasteiger partial charge on any atom is 0.416 e. The minimum absolute atomic E-state index is 0.0285. The van der Waals surface area contributed by atoms with E-state index in [0.29, 0.717) is 12.4 Å². The molecule has 0 aliphatic carbocycles. The normalized spacial score (nSPS) is 16.5. The summed E-state index contributed by atoms with van der Waals surface area (Å²) in [7, 11) is 0. The average Bonchev–Trinajstić information content (AvgIpc) is 3.10. The molecule has 0 bridgehead atoms. The monoisotopic (exact) mass is 388 g/mol. The van der Waals surface area contributed by atoms with Crippen LogP contribution in [0.15, 0.2) is 43.0 Å². The molecule has 1 aliphatic heterocycles. The largest absolute Gasteiger partial charge is 0.416 e. The van der Waals surface area contributed by atoms with Gasteiger partial charge >= 0.3 is 6.18 Å². The summed E-state index contributed by atoms with van der Waals surface area (Å²) < 4.78 is 39.7. The number of fused-ring (bicyclic) bond motifs is 1.